The summed E-state index contributed by atoms with van der Waals surface area (Å²) in [6.45, 7) is 2.59. The Kier molecular flexibility index (Phi) is 7.70. The molecule has 0 aliphatic carbocycles. The SMILES string of the molecule is CCCc1ccc(OCC(=O)Nc2ccc(OCc3ccccc3)cc2)c(Br)c1. The summed E-state index contributed by atoms with van der Waals surface area (Å²) < 4.78 is 12.2. The average Bonchev–Trinajstić information content (AvgIpc) is 2.74. The quantitative estimate of drug-likeness (QED) is 0.432. The number of hydrogen-bond acceptors (Lipinski definition) is 3. The average molecular weight is 454 g/mol. The number of ether oxygens (including phenoxy) is 2. The monoisotopic (exact) mass is 453 g/mol. The first-order valence-corrected chi connectivity index (χ1v) is 10.4. The van der Waals surface area contributed by atoms with Gasteiger partial charge in [0.2, 0.25) is 0 Å². The predicted molar refractivity (Wildman–Crippen MR) is 119 cm³/mol. The van der Waals surface area contributed by atoms with Gasteiger partial charge < -0.3 is 14.8 Å². The Morgan fingerprint density at radius 2 is 1.69 bits per heavy atom. The maximum absolute atomic E-state index is 12.2. The molecule has 0 bridgehead atoms. The minimum atomic E-state index is -0.215. The Labute approximate surface area is 180 Å². The molecule has 4 nitrogen and oxygen atoms in total. The van der Waals surface area contributed by atoms with Crippen molar-refractivity contribution < 1.29 is 14.3 Å². The van der Waals surface area contributed by atoms with Crippen LogP contribution in [0.1, 0.15) is 24.5 Å². The van der Waals surface area contributed by atoms with Crippen molar-refractivity contribution in [1.29, 1.82) is 0 Å². The van der Waals surface area contributed by atoms with Gasteiger partial charge in [-0.25, -0.2) is 0 Å². The first kappa shape index (κ1) is 20.9. The molecule has 3 aromatic carbocycles. The van der Waals surface area contributed by atoms with Crippen LogP contribution in [0.4, 0.5) is 5.69 Å². The van der Waals surface area contributed by atoms with Crippen molar-refractivity contribution in [3.05, 3.63) is 88.4 Å². The van der Waals surface area contributed by atoms with Gasteiger partial charge >= 0.3 is 0 Å². The molecule has 0 aromatic heterocycles. The third-order valence-electron chi connectivity index (χ3n) is 4.28. The highest BCUT2D eigenvalue weighted by atomic mass is 79.9. The van der Waals surface area contributed by atoms with Crippen LogP contribution in [0.2, 0.25) is 0 Å². The van der Waals surface area contributed by atoms with Gasteiger partial charge in [-0.1, -0.05) is 49.7 Å². The molecule has 0 saturated heterocycles. The molecule has 150 valence electrons. The summed E-state index contributed by atoms with van der Waals surface area (Å²) in [7, 11) is 0. The number of nitrogens with one attached hydrogen (secondary N) is 1. The maximum Gasteiger partial charge on any atom is 0.262 e. The van der Waals surface area contributed by atoms with Gasteiger partial charge in [-0.15, -0.1) is 0 Å². The Morgan fingerprint density at radius 1 is 0.931 bits per heavy atom. The van der Waals surface area contributed by atoms with E-state index in [1.165, 1.54) is 5.56 Å². The highest BCUT2D eigenvalue weighted by Crippen LogP contribution is 2.26. The first-order valence-electron chi connectivity index (χ1n) is 9.62. The molecule has 0 spiro atoms. The van der Waals surface area contributed by atoms with E-state index < -0.39 is 0 Å². The summed E-state index contributed by atoms with van der Waals surface area (Å²) >= 11 is 3.50. The Hall–Kier alpha value is -2.79. The van der Waals surface area contributed by atoms with Gasteiger partial charge in [-0.05, 0) is 69.9 Å². The van der Waals surface area contributed by atoms with Gasteiger partial charge in [0.25, 0.3) is 5.91 Å². The minimum absolute atomic E-state index is 0.0576. The molecule has 0 aliphatic rings. The zero-order chi connectivity index (χ0) is 20.5. The molecule has 0 heterocycles. The predicted octanol–water partition coefficient (Wildman–Crippen LogP) is 6.00. The number of anilines is 1. The van der Waals surface area contributed by atoms with Gasteiger partial charge in [0.15, 0.2) is 6.61 Å². The topological polar surface area (TPSA) is 47.6 Å². The number of benzene rings is 3. The van der Waals surface area contributed by atoms with Crippen LogP contribution < -0.4 is 14.8 Å². The summed E-state index contributed by atoms with van der Waals surface area (Å²) in [5.74, 6) is 1.19. The molecule has 3 aromatic rings. The van der Waals surface area contributed by atoms with E-state index in [2.05, 4.69) is 28.2 Å². The third kappa shape index (κ3) is 6.64. The van der Waals surface area contributed by atoms with Gasteiger partial charge in [0, 0.05) is 5.69 Å². The second kappa shape index (κ2) is 10.7. The molecule has 1 amide bonds. The largest absolute Gasteiger partial charge is 0.489 e. The van der Waals surface area contributed by atoms with Crippen LogP contribution in [0.5, 0.6) is 11.5 Å². The maximum atomic E-state index is 12.2. The second-order valence-electron chi connectivity index (χ2n) is 6.65. The van der Waals surface area contributed by atoms with Crippen molar-refractivity contribution in [1.82, 2.24) is 0 Å². The van der Waals surface area contributed by atoms with Gasteiger partial charge in [-0.2, -0.15) is 0 Å². The molecular weight excluding hydrogens is 430 g/mol. The molecule has 0 aliphatic heterocycles. The molecule has 1 N–H and O–H groups in total. The van der Waals surface area contributed by atoms with Crippen molar-refractivity contribution in [3.8, 4) is 11.5 Å². The van der Waals surface area contributed by atoms with Crippen LogP contribution >= 0.6 is 15.9 Å². The fourth-order valence-corrected chi connectivity index (χ4v) is 3.36. The Bertz CT molecular complexity index is 927. The van der Waals surface area contributed by atoms with E-state index in [0.29, 0.717) is 18.0 Å². The van der Waals surface area contributed by atoms with Crippen LogP contribution in [0.25, 0.3) is 0 Å². The number of carbonyl (C=O) groups excluding carboxylic acids is 1. The fourth-order valence-electron chi connectivity index (χ4n) is 2.82. The molecule has 0 fully saturated rings. The molecule has 0 saturated carbocycles. The Morgan fingerprint density at radius 3 is 2.38 bits per heavy atom. The van der Waals surface area contributed by atoms with Crippen molar-refractivity contribution in [2.24, 2.45) is 0 Å². The lowest BCUT2D eigenvalue weighted by atomic mass is 10.1. The molecule has 29 heavy (non-hydrogen) atoms. The normalized spacial score (nSPS) is 10.4. The lowest BCUT2D eigenvalue weighted by Crippen LogP contribution is -2.20. The number of amides is 1. The lowest BCUT2D eigenvalue weighted by molar-refractivity contribution is -0.118. The summed E-state index contributed by atoms with van der Waals surface area (Å²) in [5.41, 5.74) is 3.05. The van der Waals surface area contributed by atoms with Crippen molar-refractivity contribution in [2.75, 3.05) is 11.9 Å². The number of aryl methyl sites for hydroxylation is 1. The Balaban J connectivity index is 1.46. The van der Waals surface area contributed by atoms with Gasteiger partial charge in [-0.3, -0.25) is 4.79 Å². The van der Waals surface area contributed by atoms with Crippen LogP contribution in [0, 0.1) is 0 Å². The second-order valence-corrected chi connectivity index (χ2v) is 7.50. The van der Waals surface area contributed by atoms with E-state index in [-0.39, 0.29) is 12.5 Å². The van der Waals surface area contributed by atoms with Crippen LogP contribution in [0.3, 0.4) is 0 Å². The summed E-state index contributed by atoms with van der Waals surface area (Å²) in [6, 6.07) is 23.2. The molecule has 3 rings (SSSR count). The van der Waals surface area contributed by atoms with E-state index in [9.17, 15) is 4.79 Å². The van der Waals surface area contributed by atoms with Gasteiger partial charge in [0.1, 0.15) is 18.1 Å². The highest BCUT2D eigenvalue weighted by Gasteiger charge is 2.07. The van der Waals surface area contributed by atoms with E-state index in [4.69, 9.17) is 9.47 Å². The van der Waals surface area contributed by atoms with Crippen molar-refractivity contribution >= 4 is 27.5 Å². The number of hydrogen-bond donors (Lipinski definition) is 1. The smallest absolute Gasteiger partial charge is 0.262 e. The van der Waals surface area contributed by atoms with Crippen LogP contribution in [-0.2, 0) is 17.8 Å². The fraction of sp³-hybridized carbons (Fsp3) is 0.208. The zero-order valence-corrected chi connectivity index (χ0v) is 17.9. The highest BCUT2D eigenvalue weighted by molar-refractivity contribution is 9.10. The van der Waals surface area contributed by atoms with E-state index in [0.717, 1.165) is 28.6 Å². The number of halogens is 1. The summed E-state index contributed by atoms with van der Waals surface area (Å²) in [4.78, 5) is 12.2. The lowest BCUT2D eigenvalue weighted by Gasteiger charge is -2.11. The first-order chi connectivity index (χ1) is 14.1. The standard InChI is InChI=1S/C24H24BrNO3/c1-2-6-18-9-14-23(22(25)15-18)29-17-24(27)26-20-10-12-21(13-11-20)28-16-19-7-4-3-5-8-19/h3-5,7-15H,2,6,16-17H2,1H3,(H,26,27). The van der Waals surface area contributed by atoms with Crippen LogP contribution in [-0.4, -0.2) is 12.5 Å². The van der Waals surface area contributed by atoms with E-state index in [1.54, 1.807) is 0 Å². The molecule has 0 radical (unpaired) electrons. The number of rotatable bonds is 9. The van der Waals surface area contributed by atoms with E-state index in [1.807, 2.05) is 72.8 Å². The molecular formula is C24H24BrNO3. The van der Waals surface area contributed by atoms with Crippen LogP contribution in [0.15, 0.2) is 77.3 Å². The van der Waals surface area contributed by atoms with E-state index >= 15 is 0 Å². The van der Waals surface area contributed by atoms with Gasteiger partial charge in [0.05, 0.1) is 4.47 Å². The third-order valence-corrected chi connectivity index (χ3v) is 4.90. The molecule has 0 atom stereocenters. The zero-order valence-electron chi connectivity index (χ0n) is 16.4. The van der Waals surface area contributed by atoms with Crippen molar-refractivity contribution in [2.45, 2.75) is 26.4 Å². The molecule has 0 unspecified atom stereocenters. The minimum Gasteiger partial charge on any atom is -0.489 e. The summed E-state index contributed by atoms with van der Waals surface area (Å²) in [6.07, 6.45) is 2.11. The summed E-state index contributed by atoms with van der Waals surface area (Å²) in [5, 5.41) is 2.83. The molecule has 5 heteroatoms. The van der Waals surface area contributed by atoms with Crippen molar-refractivity contribution in [3.63, 3.8) is 0 Å². The number of carbonyl (C=O) groups is 1.